The van der Waals surface area contributed by atoms with Crippen LogP contribution in [0, 0.1) is 5.92 Å². The molecule has 1 aromatic heterocycles. The van der Waals surface area contributed by atoms with Gasteiger partial charge in [0.25, 0.3) is 0 Å². The number of nitrogens with zero attached hydrogens (tertiary/aromatic N) is 2. The maximum atomic E-state index is 13.4. The minimum atomic E-state index is -5.19. The van der Waals surface area contributed by atoms with Crippen LogP contribution in [-0.4, -0.2) is 48.5 Å². The molecule has 0 fully saturated rings. The first-order valence-electron chi connectivity index (χ1n) is 10.4. The Morgan fingerprint density at radius 3 is 2.06 bits per heavy atom. The zero-order valence-corrected chi connectivity index (χ0v) is 18.9. The summed E-state index contributed by atoms with van der Waals surface area (Å²) >= 11 is 0. The van der Waals surface area contributed by atoms with Crippen LogP contribution in [0.3, 0.4) is 0 Å². The topological polar surface area (TPSA) is 134 Å². The minimum absolute atomic E-state index is 0.0369. The van der Waals surface area contributed by atoms with Crippen LogP contribution in [0.5, 0.6) is 5.88 Å². The van der Waals surface area contributed by atoms with Gasteiger partial charge < -0.3 is 15.3 Å². The molecule has 9 nitrogen and oxygen atoms in total. The normalized spacial score (nSPS) is 14.1. The van der Waals surface area contributed by atoms with Crippen LogP contribution in [0.2, 0.25) is 0 Å². The van der Waals surface area contributed by atoms with Crippen molar-refractivity contribution in [1.29, 1.82) is 0 Å². The molecular formula is C21H23F6N3O6. The molecule has 1 aromatic carbocycles. The largest absolute Gasteiger partial charge is 0.493 e. The third-order valence-electron chi connectivity index (χ3n) is 5.18. The fourth-order valence-electron chi connectivity index (χ4n) is 3.48. The second kappa shape index (κ2) is 10.6. The maximum absolute atomic E-state index is 13.4. The number of aliphatic carboxylic acids is 2. The summed E-state index contributed by atoms with van der Waals surface area (Å²) < 4.78 is 79.9. The van der Waals surface area contributed by atoms with Crippen LogP contribution >= 0.6 is 0 Å². The number of hydrogen-bond donors (Lipinski definition) is 4. The van der Waals surface area contributed by atoms with Gasteiger partial charge in [-0.3, -0.25) is 24.0 Å². The fraction of sp³-hybridized carbons (Fsp3) is 0.476. The molecule has 0 aliphatic rings. The monoisotopic (exact) mass is 527 g/mol. The number of imidazole rings is 1. The molecule has 0 bridgehead atoms. The first-order chi connectivity index (χ1) is 16.4. The van der Waals surface area contributed by atoms with Gasteiger partial charge in [-0.1, -0.05) is 19.9 Å². The lowest BCUT2D eigenvalue weighted by atomic mass is 10.0. The summed E-state index contributed by atoms with van der Waals surface area (Å²) in [6.45, 7) is 1.72. The van der Waals surface area contributed by atoms with Gasteiger partial charge in [0, 0.05) is 0 Å². The highest BCUT2D eigenvalue weighted by Crippen LogP contribution is 2.37. The highest BCUT2D eigenvalue weighted by Gasteiger charge is 2.38. The second-order valence-corrected chi connectivity index (χ2v) is 8.45. The fourth-order valence-corrected chi connectivity index (χ4v) is 3.48. The molecule has 4 N–H and O–H groups in total. The average Bonchev–Trinajstić information content (AvgIpc) is 2.97. The summed E-state index contributed by atoms with van der Waals surface area (Å²) in [5.74, 6) is -3.90. The molecule has 2 unspecified atom stereocenters. The van der Waals surface area contributed by atoms with Gasteiger partial charge in [-0.05, 0) is 30.0 Å². The predicted octanol–water partition coefficient (Wildman–Crippen LogP) is 2.98. The van der Waals surface area contributed by atoms with Crippen molar-refractivity contribution in [3.63, 3.8) is 0 Å². The van der Waals surface area contributed by atoms with E-state index >= 15 is 0 Å². The van der Waals surface area contributed by atoms with Crippen molar-refractivity contribution in [2.45, 2.75) is 57.8 Å². The van der Waals surface area contributed by atoms with Crippen molar-refractivity contribution in [2.75, 3.05) is 0 Å². The van der Waals surface area contributed by atoms with E-state index in [9.17, 15) is 56.0 Å². The van der Waals surface area contributed by atoms with Gasteiger partial charge in [0.05, 0.1) is 30.4 Å². The zero-order chi connectivity index (χ0) is 27.6. The number of carbonyl (C=O) groups is 2. The molecule has 0 radical (unpaired) electrons. The number of halogens is 6. The van der Waals surface area contributed by atoms with Crippen LogP contribution in [0.25, 0.3) is 0 Å². The molecule has 15 heteroatoms. The van der Waals surface area contributed by atoms with Gasteiger partial charge in [0.1, 0.15) is 12.1 Å². The minimum Gasteiger partial charge on any atom is -0.493 e. The number of hydrogen-bond acceptors (Lipinski definition) is 5. The van der Waals surface area contributed by atoms with E-state index in [4.69, 9.17) is 0 Å². The number of carboxylic acid groups (broad SMARTS) is 2. The van der Waals surface area contributed by atoms with Gasteiger partial charge in [0.15, 0.2) is 0 Å². The molecule has 2 atom stereocenters. The molecule has 0 aliphatic heterocycles. The van der Waals surface area contributed by atoms with E-state index in [1.54, 1.807) is 13.8 Å². The van der Waals surface area contributed by atoms with Crippen LogP contribution in [0.4, 0.5) is 26.3 Å². The summed E-state index contributed by atoms with van der Waals surface area (Å²) in [4.78, 5) is 35.8. The number of nitrogens with one attached hydrogen (secondary N) is 1. The molecule has 1 heterocycles. The van der Waals surface area contributed by atoms with Crippen molar-refractivity contribution >= 4 is 11.9 Å². The molecule has 2 rings (SSSR count). The Morgan fingerprint density at radius 2 is 1.58 bits per heavy atom. The van der Waals surface area contributed by atoms with Crippen molar-refractivity contribution in [3.05, 3.63) is 51.6 Å². The third kappa shape index (κ3) is 7.02. The summed E-state index contributed by atoms with van der Waals surface area (Å²) in [6.07, 6.45) is -9.50. The number of carboxylic acids is 2. The van der Waals surface area contributed by atoms with Crippen LogP contribution < -0.4 is 11.0 Å². The lowest BCUT2D eigenvalue weighted by Crippen LogP contribution is -2.50. The second-order valence-electron chi connectivity index (χ2n) is 8.45. The zero-order valence-electron chi connectivity index (χ0n) is 18.9. The Hall–Kier alpha value is -3.49. The van der Waals surface area contributed by atoms with E-state index in [1.165, 1.54) is 0 Å². The predicted molar refractivity (Wildman–Crippen MR) is 111 cm³/mol. The van der Waals surface area contributed by atoms with Crippen LogP contribution in [0.1, 0.15) is 37.0 Å². The standard InChI is InChI=1S/C21H23F6N3O6/c1-10(2)5-14(17(32)33)28-15(18(34)35)8-30-16(31)9-29(19(30)36)7-11-3-4-12(20(22,23)24)6-13(11)21(25,26)27/h3-4,6,9-10,14-15,28,31H,5,7-8H2,1-2H3,(H,32,33)(H,34,35). The van der Waals surface area contributed by atoms with Gasteiger partial charge in [-0.15, -0.1) is 0 Å². The summed E-state index contributed by atoms with van der Waals surface area (Å²) in [6, 6.07) is -2.12. The van der Waals surface area contributed by atoms with Crippen molar-refractivity contribution in [1.82, 2.24) is 14.5 Å². The first-order valence-corrected chi connectivity index (χ1v) is 10.4. The molecule has 0 spiro atoms. The summed E-state index contributed by atoms with van der Waals surface area (Å²) in [7, 11) is 0. The van der Waals surface area contributed by atoms with E-state index in [1.807, 2.05) is 0 Å². The quantitative estimate of drug-likeness (QED) is 0.349. The van der Waals surface area contributed by atoms with E-state index in [0.29, 0.717) is 27.5 Å². The average molecular weight is 527 g/mol. The molecular weight excluding hydrogens is 504 g/mol. The molecule has 0 amide bonds. The lowest BCUT2D eigenvalue weighted by molar-refractivity contribution is -0.145. The number of aromatic hydroxyl groups is 1. The first kappa shape index (κ1) is 28.7. The van der Waals surface area contributed by atoms with Crippen LogP contribution in [0.15, 0.2) is 29.2 Å². The van der Waals surface area contributed by atoms with Gasteiger partial charge in [0.2, 0.25) is 5.88 Å². The molecule has 200 valence electrons. The van der Waals surface area contributed by atoms with Gasteiger partial charge >= 0.3 is 30.0 Å². The van der Waals surface area contributed by atoms with Crippen molar-refractivity contribution in [3.8, 4) is 5.88 Å². The Bertz CT molecular complexity index is 1170. The highest BCUT2D eigenvalue weighted by molar-refractivity contribution is 5.77. The number of rotatable bonds is 10. The van der Waals surface area contributed by atoms with Crippen molar-refractivity contribution < 1.29 is 51.3 Å². The van der Waals surface area contributed by atoms with E-state index < -0.39 is 77.7 Å². The summed E-state index contributed by atoms with van der Waals surface area (Å²) in [5.41, 5.74) is -5.05. The Kier molecular flexibility index (Phi) is 8.49. The van der Waals surface area contributed by atoms with Crippen LogP contribution in [-0.2, 0) is 35.0 Å². The Morgan fingerprint density at radius 1 is 1.00 bits per heavy atom. The maximum Gasteiger partial charge on any atom is 0.416 e. The smallest absolute Gasteiger partial charge is 0.416 e. The summed E-state index contributed by atoms with van der Waals surface area (Å²) in [5, 5.41) is 31.3. The molecule has 2 aromatic rings. The molecule has 0 saturated heterocycles. The molecule has 0 saturated carbocycles. The molecule has 36 heavy (non-hydrogen) atoms. The van der Waals surface area contributed by atoms with Gasteiger partial charge in [-0.25, -0.2) is 4.79 Å². The third-order valence-corrected chi connectivity index (χ3v) is 5.18. The van der Waals surface area contributed by atoms with Crippen molar-refractivity contribution in [2.24, 2.45) is 5.92 Å². The Labute approximate surface area is 199 Å². The SMILES string of the molecule is CC(C)CC(NC(Cn1c(O)cn(Cc2ccc(C(F)(F)F)cc2C(F)(F)F)c1=O)C(=O)O)C(=O)O. The van der Waals surface area contributed by atoms with E-state index in [0.717, 1.165) is 0 Å². The lowest BCUT2D eigenvalue weighted by Gasteiger charge is -2.22. The number of benzene rings is 1. The number of aromatic nitrogens is 2. The van der Waals surface area contributed by atoms with Gasteiger partial charge in [-0.2, -0.15) is 26.3 Å². The van der Waals surface area contributed by atoms with E-state index in [-0.39, 0.29) is 18.4 Å². The number of alkyl halides is 6. The highest BCUT2D eigenvalue weighted by atomic mass is 19.4. The van der Waals surface area contributed by atoms with E-state index in [2.05, 4.69) is 5.32 Å². The Balaban J connectivity index is 2.40. The molecule has 0 aliphatic carbocycles.